The van der Waals surface area contributed by atoms with Crippen molar-refractivity contribution in [2.45, 2.75) is 45.5 Å². The van der Waals surface area contributed by atoms with Crippen LogP contribution in [0.25, 0.3) is 0 Å². The van der Waals surface area contributed by atoms with Crippen molar-refractivity contribution in [3.8, 4) is 5.75 Å². The zero-order valence-electron chi connectivity index (χ0n) is 10.9. The molecule has 0 radical (unpaired) electrons. The Morgan fingerprint density at radius 1 is 1.32 bits per heavy atom. The average Bonchev–Trinajstić information content (AvgIpc) is 2.22. The van der Waals surface area contributed by atoms with Crippen LogP contribution in [0.2, 0.25) is 0 Å². The van der Waals surface area contributed by atoms with Crippen LogP contribution in [0.3, 0.4) is 0 Å². The molecular weight excluding hydrogens is 262 g/mol. The number of alkyl halides is 3. The van der Waals surface area contributed by atoms with Gasteiger partial charge in [0.2, 0.25) is 0 Å². The van der Waals surface area contributed by atoms with Crippen LogP contribution in [-0.4, -0.2) is 12.4 Å². The van der Waals surface area contributed by atoms with E-state index in [1.807, 2.05) is 6.92 Å². The van der Waals surface area contributed by atoms with Crippen LogP contribution >= 0.6 is 0 Å². The fourth-order valence-corrected chi connectivity index (χ4v) is 1.78. The summed E-state index contributed by atoms with van der Waals surface area (Å²) < 4.78 is 53.6. The molecule has 0 saturated carbocycles. The van der Waals surface area contributed by atoms with Crippen molar-refractivity contribution in [1.82, 2.24) is 0 Å². The quantitative estimate of drug-likeness (QED) is 0.834. The van der Waals surface area contributed by atoms with Gasteiger partial charge in [0.15, 0.2) is 11.6 Å². The number of halogens is 4. The van der Waals surface area contributed by atoms with Crippen molar-refractivity contribution in [3.05, 3.63) is 29.1 Å². The van der Waals surface area contributed by atoms with E-state index in [1.165, 1.54) is 13.0 Å². The fraction of sp³-hybridized carbons (Fsp3) is 0.538. The molecule has 0 amide bonds. The monoisotopic (exact) mass is 279 g/mol. The second-order valence-electron chi connectivity index (χ2n) is 4.64. The highest BCUT2D eigenvalue weighted by Crippen LogP contribution is 2.29. The van der Waals surface area contributed by atoms with Gasteiger partial charge in [0.25, 0.3) is 0 Å². The summed E-state index contributed by atoms with van der Waals surface area (Å²) in [6.07, 6.45) is -2.87. The van der Waals surface area contributed by atoms with Crippen LogP contribution in [0.5, 0.6) is 5.75 Å². The maximum absolute atomic E-state index is 13.5. The molecule has 0 aromatic heterocycles. The molecule has 0 fully saturated rings. The van der Waals surface area contributed by atoms with Crippen LogP contribution in [0.1, 0.15) is 30.9 Å². The van der Waals surface area contributed by atoms with Crippen molar-refractivity contribution >= 4 is 0 Å². The molecule has 1 rings (SSSR count). The molecule has 0 unspecified atom stereocenters. The third-order valence-corrected chi connectivity index (χ3v) is 2.63. The number of hydrogen-bond acceptors (Lipinski definition) is 2. The summed E-state index contributed by atoms with van der Waals surface area (Å²) >= 11 is 0. The molecule has 19 heavy (non-hydrogen) atoms. The Morgan fingerprint density at radius 3 is 2.47 bits per heavy atom. The number of hydrogen-bond donors (Lipinski definition) is 1. The number of nitrogens with two attached hydrogens (primary N) is 1. The summed E-state index contributed by atoms with van der Waals surface area (Å²) in [5.74, 6) is -1.75. The van der Waals surface area contributed by atoms with Crippen molar-refractivity contribution in [2.24, 2.45) is 5.73 Å². The van der Waals surface area contributed by atoms with Crippen LogP contribution < -0.4 is 10.5 Å². The summed E-state index contributed by atoms with van der Waals surface area (Å²) in [7, 11) is 0. The smallest absolute Gasteiger partial charge is 0.403 e. The lowest BCUT2D eigenvalue weighted by Gasteiger charge is -2.13. The van der Waals surface area contributed by atoms with Gasteiger partial charge in [-0.05, 0) is 50.3 Å². The molecule has 0 aliphatic heterocycles. The molecule has 0 saturated heterocycles. The van der Waals surface area contributed by atoms with E-state index in [-0.39, 0.29) is 11.6 Å². The standard InChI is InChI=1S/C13H17F4NO/c1-8-6-10(5-3-4-9(2)18)7-11(12(8)14)19-13(15,16)17/h6-7,9H,3-5,18H2,1-2H3/t9-/m0/s1. The Bertz CT molecular complexity index is 429. The maximum atomic E-state index is 13.5. The van der Waals surface area contributed by atoms with Gasteiger partial charge >= 0.3 is 6.36 Å². The summed E-state index contributed by atoms with van der Waals surface area (Å²) in [5.41, 5.74) is 6.34. The molecule has 0 heterocycles. The number of benzene rings is 1. The van der Waals surface area contributed by atoms with E-state index in [0.29, 0.717) is 12.0 Å². The Labute approximate surface area is 109 Å². The Morgan fingerprint density at radius 2 is 1.95 bits per heavy atom. The SMILES string of the molecule is Cc1cc(CCC[C@H](C)N)cc(OC(F)(F)F)c1F. The first kappa shape index (κ1) is 15.8. The fourth-order valence-electron chi connectivity index (χ4n) is 1.78. The second-order valence-corrected chi connectivity index (χ2v) is 4.64. The third-order valence-electron chi connectivity index (χ3n) is 2.63. The van der Waals surface area contributed by atoms with E-state index in [1.54, 1.807) is 0 Å². The van der Waals surface area contributed by atoms with Crippen molar-refractivity contribution < 1.29 is 22.3 Å². The minimum absolute atomic E-state index is 0.0347. The van der Waals surface area contributed by atoms with Gasteiger partial charge in [-0.15, -0.1) is 13.2 Å². The molecular formula is C13H17F4NO. The van der Waals surface area contributed by atoms with Crippen molar-refractivity contribution in [2.75, 3.05) is 0 Å². The zero-order valence-corrected chi connectivity index (χ0v) is 10.9. The zero-order chi connectivity index (χ0) is 14.6. The van der Waals surface area contributed by atoms with Crippen LogP contribution in [0, 0.1) is 12.7 Å². The largest absolute Gasteiger partial charge is 0.573 e. The lowest BCUT2D eigenvalue weighted by molar-refractivity contribution is -0.275. The van der Waals surface area contributed by atoms with Gasteiger partial charge in [-0.2, -0.15) is 0 Å². The van der Waals surface area contributed by atoms with Gasteiger partial charge in [-0.25, -0.2) is 4.39 Å². The molecule has 108 valence electrons. The highest BCUT2D eigenvalue weighted by molar-refractivity contribution is 5.36. The number of ether oxygens (including phenoxy) is 1. The van der Waals surface area contributed by atoms with Gasteiger partial charge in [0, 0.05) is 6.04 Å². The van der Waals surface area contributed by atoms with E-state index in [0.717, 1.165) is 18.9 Å². The molecule has 0 aliphatic carbocycles. The minimum atomic E-state index is -4.89. The van der Waals surface area contributed by atoms with Crippen molar-refractivity contribution in [1.29, 1.82) is 0 Å². The second kappa shape index (κ2) is 6.23. The van der Waals surface area contributed by atoms with Crippen molar-refractivity contribution in [3.63, 3.8) is 0 Å². The summed E-state index contributed by atoms with van der Waals surface area (Å²) in [4.78, 5) is 0. The van der Waals surface area contributed by atoms with E-state index in [9.17, 15) is 17.6 Å². The molecule has 0 spiro atoms. The molecule has 6 heteroatoms. The van der Waals surface area contributed by atoms with Gasteiger partial charge < -0.3 is 10.5 Å². The molecule has 1 aromatic rings. The molecule has 0 aliphatic rings. The Balaban J connectivity index is 2.84. The lowest BCUT2D eigenvalue weighted by atomic mass is 10.0. The van der Waals surface area contributed by atoms with E-state index < -0.39 is 17.9 Å². The molecule has 1 aromatic carbocycles. The van der Waals surface area contributed by atoms with E-state index in [2.05, 4.69) is 4.74 Å². The van der Waals surface area contributed by atoms with Crippen LogP contribution in [0.15, 0.2) is 12.1 Å². The van der Waals surface area contributed by atoms with Gasteiger partial charge in [0.05, 0.1) is 0 Å². The van der Waals surface area contributed by atoms with Crippen LogP contribution in [-0.2, 0) is 6.42 Å². The highest BCUT2D eigenvalue weighted by atomic mass is 19.4. The van der Waals surface area contributed by atoms with Gasteiger partial charge in [-0.3, -0.25) is 0 Å². The molecule has 1 atom stereocenters. The Kier molecular flexibility index (Phi) is 5.17. The first-order valence-electron chi connectivity index (χ1n) is 5.99. The normalized spacial score (nSPS) is 13.4. The summed E-state index contributed by atoms with van der Waals surface area (Å²) in [6.45, 7) is 3.27. The molecule has 0 bridgehead atoms. The Hall–Kier alpha value is -1.30. The maximum Gasteiger partial charge on any atom is 0.573 e. The first-order chi connectivity index (χ1) is 8.69. The predicted molar refractivity (Wildman–Crippen MR) is 64.4 cm³/mol. The lowest BCUT2D eigenvalue weighted by Crippen LogP contribution is -2.18. The minimum Gasteiger partial charge on any atom is -0.403 e. The number of aryl methyl sites for hydroxylation is 2. The van der Waals surface area contributed by atoms with E-state index >= 15 is 0 Å². The molecule has 2 N–H and O–H groups in total. The first-order valence-corrected chi connectivity index (χ1v) is 5.99. The topological polar surface area (TPSA) is 35.2 Å². The van der Waals surface area contributed by atoms with Gasteiger partial charge in [-0.1, -0.05) is 6.07 Å². The highest BCUT2D eigenvalue weighted by Gasteiger charge is 2.32. The summed E-state index contributed by atoms with van der Waals surface area (Å²) in [5, 5.41) is 0. The summed E-state index contributed by atoms with van der Waals surface area (Å²) in [6, 6.07) is 2.66. The van der Waals surface area contributed by atoms with Crippen LogP contribution in [0.4, 0.5) is 17.6 Å². The third kappa shape index (κ3) is 5.46. The predicted octanol–water partition coefficient (Wildman–Crippen LogP) is 3.70. The average molecular weight is 279 g/mol. The number of rotatable bonds is 5. The van der Waals surface area contributed by atoms with Gasteiger partial charge in [0.1, 0.15) is 0 Å². The van der Waals surface area contributed by atoms with E-state index in [4.69, 9.17) is 5.73 Å². The molecule has 2 nitrogen and oxygen atoms in total.